The van der Waals surface area contributed by atoms with Crippen LogP contribution < -0.4 is 15.1 Å². The summed E-state index contributed by atoms with van der Waals surface area (Å²) in [5.74, 6) is 0.932. The average Bonchev–Trinajstić information content (AvgIpc) is 2.47. The molecule has 1 aromatic carbocycles. The zero-order valence-corrected chi connectivity index (χ0v) is 12.7. The Bertz CT molecular complexity index is 599. The van der Waals surface area contributed by atoms with E-state index < -0.39 is 0 Å². The third-order valence-corrected chi connectivity index (χ3v) is 2.82. The number of aromatic nitrogens is 2. The molecule has 0 atom stereocenters. The van der Waals surface area contributed by atoms with Crippen LogP contribution in [0.1, 0.15) is 10.5 Å². The number of amides is 1. The van der Waals surface area contributed by atoms with Gasteiger partial charge in [-0.05, 0) is 12.1 Å². The summed E-state index contributed by atoms with van der Waals surface area (Å²) < 4.78 is 0. The smallest absolute Gasteiger partial charge is 0.274 e. The molecule has 1 amide bonds. The van der Waals surface area contributed by atoms with Gasteiger partial charge in [-0.3, -0.25) is 4.79 Å². The van der Waals surface area contributed by atoms with E-state index in [0.717, 1.165) is 5.69 Å². The molecular formula is C15H19N5O. The van der Waals surface area contributed by atoms with Crippen LogP contribution in [0.2, 0.25) is 0 Å². The second-order valence-electron chi connectivity index (χ2n) is 5.02. The summed E-state index contributed by atoms with van der Waals surface area (Å²) >= 11 is 0. The van der Waals surface area contributed by atoms with Gasteiger partial charge in [-0.1, -0.05) is 18.2 Å². The molecule has 6 heteroatoms. The molecule has 1 aromatic heterocycles. The van der Waals surface area contributed by atoms with Gasteiger partial charge < -0.3 is 15.1 Å². The molecule has 0 aliphatic rings. The van der Waals surface area contributed by atoms with Crippen LogP contribution in [0, 0.1) is 0 Å². The fourth-order valence-electron chi connectivity index (χ4n) is 1.68. The lowest BCUT2D eigenvalue weighted by atomic mass is 10.3. The van der Waals surface area contributed by atoms with E-state index in [0.29, 0.717) is 17.5 Å². The molecule has 0 bridgehead atoms. The fourth-order valence-corrected chi connectivity index (χ4v) is 1.68. The zero-order chi connectivity index (χ0) is 15.4. The minimum Gasteiger partial charge on any atom is -0.363 e. The average molecular weight is 285 g/mol. The van der Waals surface area contributed by atoms with Gasteiger partial charge in [-0.2, -0.15) is 4.98 Å². The minimum atomic E-state index is -0.255. The number of para-hydroxylation sites is 1. The quantitative estimate of drug-likeness (QED) is 0.929. The monoisotopic (exact) mass is 285 g/mol. The fraction of sp³-hybridized carbons (Fsp3) is 0.267. The molecule has 2 rings (SSSR count). The first-order chi connectivity index (χ1) is 9.97. The van der Waals surface area contributed by atoms with Crippen molar-refractivity contribution < 1.29 is 4.79 Å². The number of rotatable bonds is 4. The van der Waals surface area contributed by atoms with Crippen LogP contribution in [0.15, 0.2) is 36.4 Å². The van der Waals surface area contributed by atoms with Gasteiger partial charge in [0.1, 0.15) is 11.5 Å². The van der Waals surface area contributed by atoms with Gasteiger partial charge in [0.15, 0.2) is 0 Å². The Morgan fingerprint density at radius 3 is 2.24 bits per heavy atom. The highest BCUT2D eigenvalue weighted by Gasteiger charge is 2.14. The Hall–Kier alpha value is -2.63. The maximum Gasteiger partial charge on any atom is 0.274 e. The summed E-state index contributed by atoms with van der Waals surface area (Å²) in [6.45, 7) is 0. The molecule has 0 saturated carbocycles. The summed E-state index contributed by atoms with van der Waals surface area (Å²) in [5.41, 5.74) is 1.07. The summed E-state index contributed by atoms with van der Waals surface area (Å²) in [4.78, 5) is 24.6. The first kappa shape index (κ1) is 14.8. The van der Waals surface area contributed by atoms with Crippen LogP contribution in [0.25, 0.3) is 0 Å². The molecule has 21 heavy (non-hydrogen) atoms. The Kier molecular flexibility index (Phi) is 4.37. The lowest BCUT2D eigenvalue weighted by Gasteiger charge is -2.17. The molecule has 0 spiro atoms. The van der Waals surface area contributed by atoms with E-state index in [-0.39, 0.29) is 5.91 Å². The van der Waals surface area contributed by atoms with E-state index in [1.165, 1.54) is 0 Å². The highest BCUT2D eigenvalue weighted by Crippen LogP contribution is 2.16. The highest BCUT2D eigenvalue weighted by molar-refractivity contribution is 6.03. The lowest BCUT2D eigenvalue weighted by Crippen LogP contribution is -2.21. The van der Waals surface area contributed by atoms with Gasteiger partial charge >= 0.3 is 0 Å². The number of hydrogen-bond donors (Lipinski definition) is 1. The number of carbonyl (C=O) groups excluding carboxylic acids is 1. The van der Waals surface area contributed by atoms with E-state index in [1.54, 1.807) is 11.0 Å². The van der Waals surface area contributed by atoms with E-state index >= 15 is 0 Å². The maximum absolute atomic E-state index is 12.3. The van der Waals surface area contributed by atoms with Crippen LogP contribution in [0.5, 0.6) is 0 Å². The largest absolute Gasteiger partial charge is 0.363 e. The molecule has 0 unspecified atom stereocenters. The van der Waals surface area contributed by atoms with Gasteiger partial charge in [-0.15, -0.1) is 0 Å². The second kappa shape index (κ2) is 6.21. The number of nitrogens with one attached hydrogen (secondary N) is 1. The van der Waals surface area contributed by atoms with Crippen LogP contribution in [0.4, 0.5) is 17.5 Å². The molecule has 1 heterocycles. The van der Waals surface area contributed by atoms with E-state index in [4.69, 9.17) is 0 Å². The third-order valence-electron chi connectivity index (χ3n) is 2.82. The van der Waals surface area contributed by atoms with Gasteiger partial charge in [0.05, 0.1) is 0 Å². The van der Waals surface area contributed by atoms with Crippen molar-refractivity contribution in [2.45, 2.75) is 0 Å². The molecule has 1 N–H and O–H groups in total. The molecule has 2 aromatic rings. The predicted molar refractivity (Wildman–Crippen MR) is 85.1 cm³/mol. The molecule has 0 fully saturated rings. The second-order valence-corrected chi connectivity index (χ2v) is 5.02. The molecule has 0 aliphatic carbocycles. The van der Waals surface area contributed by atoms with Crippen molar-refractivity contribution >= 4 is 23.4 Å². The minimum absolute atomic E-state index is 0.255. The molecule has 6 nitrogen and oxygen atoms in total. The molecular weight excluding hydrogens is 266 g/mol. The molecule has 110 valence electrons. The summed E-state index contributed by atoms with van der Waals surface area (Å²) in [7, 11) is 7.43. The van der Waals surface area contributed by atoms with E-state index in [1.807, 2.05) is 63.4 Å². The summed E-state index contributed by atoms with van der Waals surface area (Å²) in [5, 5.41) is 2.82. The zero-order valence-electron chi connectivity index (χ0n) is 12.7. The number of carbonyl (C=O) groups is 1. The number of hydrogen-bond acceptors (Lipinski definition) is 5. The number of benzene rings is 1. The van der Waals surface area contributed by atoms with Crippen molar-refractivity contribution in [3.63, 3.8) is 0 Å². The third kappa shape index (κ3) is 3.68. The van der Waals surface area contributed by atoms with Crippen molar-refractivity contribution in [1.82, 2.24) is 9.97 Å². The van der Waals surface area contributed by atoms with Crippen LogP contribution in [0.3, 0.4) is 0 Å². The first-order valence-corrected chi connectivity index (χ1v) is 6.57. The Balaban J connectivity index is 2.31. The maximum atomic E-state index is 12.3. The van der Waals surface area contributed by atoms with Crippen molar-refractivity contribution in [2.75, 3.05) is 43.3 Å². The van der Waals surface area contributed by atoms with Crippen LogP contribution in [-0.2, 0) is 0 Å². The molecule has 0 saturated heterocycles. The summed E-state index contributed by atoms with van der Waals surface area (Å²) in [6.07, 6.45) is 0. The predicted octanol–water partition coefficient (Wildman–Crippen LogP) is 1.86. The normalized spacial score (nSPS) is 10.1. The number of anilines is 3. The molecule has 0 aliphatic heterocycles. The first-order valence-electron chi connectivity index (χ1n) is 6.57. The highest BCUT2D eigenvalue weighted by atomic mass is 16.1. The van der Waals surface area contributed by atoms with Crippen molar-refractivity contribution in [3.05, 3.63) is 42.1 Å². The van der Waals surface area contributed by atoms with Gasteiger partial charge in [0.2, 0.25) is 5.95 Å². The van der Waals surface area contributed by atoms with Crippen molar-refractivity contribution in [2.24, 2.45) is 0 Å². The van der Waals surface area contributed by atoms with Crippen molar-refractivity contribution in [1.29, 1.82) is 0 Å². The van der Waals surface area contributed by atoms with E-state index in [2.05, 4.69) is 15.3 Å². The standard InChI is InChI=1S/C15H19N5O/c1-19(2)13-10-12(17-15(18-13)20(3)4)14(21)16-11-8-6-5-7-9-11/h5-10H,1-4H3,(H,16,21). The number of nitrogens with zero attached hydrogens (tertiary/aromatic N) is 4. The van der Waals surface area contributed by atoms with Crippen LogP contribution >= 0.6 is 0 Å². The van der Waals surface area contributed by atoms with Crippen molar-refractivity contribution in [3.8, 4) is 0 Å². The molecule has 0 radical (unpaired) electrons. The lowest BCUT2D eigenvalue weighted by molar-refractivity contribution is 0.102. The summed E-state index contributed by atoms with van der Waals surface area (Å²) in [6, 6.07) is 11.0. The SMILES string of the molecule is CN(C)c1cc(C(=O)Nc2ccccc2)nc(N(C)C)n1. The Morgan fingerprint density at radius 2 is 1.67 bits per heavy atom. The van der Waals surface area contributed by atoms with Gasteiger partial charge in [0.25, 0.3) is 5.91 Å². The topological polar surface area (TPSA) is 61.4 Å². The Labute approximate surface area is 124 Å². The van der Waals surface area contributed by atoms with E-state index in [9.17, 15) is 4.79 Å². The van der Waals surface area contributed by atoms with Crippen LogP contribution in [-0.4, -0.2) is 44.1 Å². The Morgan fingerprint density at radius 1 is 1.00 bits per heavy atom. The van der Waals surface area contributed by atoms with Gasteiger partial charge in [-0.25, -0.2) is 4.98 Å². The van der Waals surface area contributed by atoms with Gasteiger partial charge in [0, 0.05) is 39.9 Å².